The van der Waals surface area contributed by atoms with Crippen molar-refractivity contribution in [1.29, 1.82) is 0 Å². The van der Waals surface area contributed by atoms with E-state index in [1.807, 2.05) is 27.7 Å². The van der Waals surface area contributed by atoms with Gasteiger partial charge in [-0.1, -0.05) is 35.1 Å². The zero-order valence-corrected chi connectivity index (χ0v) is 16.0. The molecule has 0 aromatic rings. The Balaban J connectivity index is -0.0000000346. The molecule has 1 atom stereocenters. The van der Waals surface area contributed by atoms with Crippen molar-refractivity contribution in [3.8, 4) is 0 Å². The van der Waals surface area contributed by atoms with Crippen LogP contribution >= 0.6 is 9.90 Å². The first-order valence-electron chi connectivity index (χ1n) is 5.13. The number of amides is 2. The normalized spacial score (nSPS) is 10.3. The van der Waals surface area contributed by atoms with Crippen LogP contribution < -0.4 is 5.32 Å². The number of rotatable bonds is 0. The van der Waals surface area contributed by atoms with E-state index in [1.165, 1.54) is 0 Å². The van der Waals surface area contributed by atoms with Gasteiger partial charge >= 0.3 is 27.1 Å². The molecule has 3 nitrogen and oxygen atoms in total. The van der Waals surface area contributed by atoms with Crippen molar-refractivity contribution in [2.45, 2.75) is 41.5 Å². The standard InChI is InChI=1S/C6H11N2O.2C2H6.CH4.CH3.H3P.W/c1-7-6(9)8-4-2-3-5-8;2*1-2;;;;/h2H,3-5H2,1H3,(H,7,9);2*1-2H3;1H4;2*1H3;/q-1;;;;-1;;+2. The van der Waals surface area contributed by atoms with Gasteiger partial charge in [0, 0.05) is 7.05 Å². The average Bonchev–Trinajstić information content (AvgIpc) is 2.76. The Hall–Kier alpha value is 0.388. The zero-order chi connectivity index (χ0) is 10.7. The zero-order valence-electron chi connectivity index (χ0n) is 11.7. The molecule has 0 aliphatic carbocycles. The van der Waals surface area contributed by atoms with Gasteiger partial charge in [0.2, 0.25) is 0 Å². The summed E-state index contributed by atoms with van der Waals surface area (Å²) in [6.07, 6.45) is 3.14. The maximum Gasteiger partial charge on any atom is 2.00 e. The number of hydrogen-bond donors (Lipinski definition) is 1. The van der Waals surface area contributed by atoms with Crippen LogP contribution in [0.25, 0.3) is 0 Å². The van der Waals surface area contributed by atoms with E-state index in [9.17, 15) is 4.79 Å². The smallest absolute Gasteiger partial charge is 0.358 e. The second-order valence-electron chi connectivity index (χ2n) is 2.08. The van der Waals surface area contributed by atoms with E-state index in [-0.39, 0.29) is 51.8 Å². The summed E-state index contributed by atoms with van der Waals surface area (Å²) in [5.41, 5.74) is 0. The topological polar surface area (TPSA) is 32.3 Å². The van der Waals surface area contributed by atoms with Gasteiger partial charge in [0.1, 0.15) is 0 Å². The van der Waals surface area contributed by atoms with Crippen LogP contribution in [0.4, 0.5) is 4.79 Å². The van der Waals surface area contributed by atoms with Crippen LogP contribution in [0.15, 0.2) is 0 Å². The van der Waals surface area contributed by atoms with E-state index in [0.29, 0.717) is 0 Å². The number of carbonyl (C=O) groups excluding carboxylic acids is 1. The molecule has 1 N–H and O–H groups in total. The molecule has 0 spiro atoms. The maximum absolute atomic E-state index is 10.8. The van der Waals surface area contributed by atoms with Crippen LogP contribution in [0.3, 0.4) is 0 Å². The minimum atomic E-state index is 0. The number of urea groups is 1. The SMILES string of the molecule is C.CC.CC.CNC(=O)N1C[CH-]CC1.P.[CH3-].[W+2]. The molecule has 0 aromatic heterocycles. The molecule has 0 bridgehead atoms. The molecule has 17 heavy (non-hydrogen) atoms. The molecule has 108 valence electrons. The third-order valence-corrected chi connectivity index (χ3v) is 1.45. The second kappa shape index (κ2) is 29.9. The summed E-state index contributed by atoms with van der Waals surface area (Å²) in [5, 5.41) is 2.57. The van der Waals surface area contributed by atoms with Gasteiger partial charge in [0.05, 0.1) is 0 Å². The molecule has 1 aliphatic heterocycles. The van der Waals surface area contributed by atoms with Crippen molar-refractivity contribution < 1.29 is 25.9 Å². The predicted molar refractivity (Wildman–Crippen MR) is 81.9 cm³/mol. The van der Waals surface area contributed by atoms with Gasteiger partial charge in [-0.3, -0.25) is 0 Å². The van der Waals surface area contributed by atoms with E-state index in [0.717, 1.165) is 19.5 Å². The summed E-state index contributed by atoms with van der Waals surface area (Å²) in [6, 6.07) is 0.0313. The molecule has 1 unspecified atom stereocenters. The monoisotopic (exact) mass is 436 g/mol. The Kier molecular flexibility index (Phi) is 63.4. The van der Waals surface area contributed by atoms with E-state index < -0.39 is 0 Å². The molecule has 1 rings (SSSR count). The molecule has 0 aromatic carbocycles. The van der Waals surface area contributed by atoms with Crippen molar-refractivity contribution in [3.63, 3.8) is 0 Å². The molecule has 1 fully saturated rings. The predicted octanol–water partition coefficient (Wildman–Crippen LogP) is 3.43. The largest absolute Gasteiger partial charge is 2.00 e. The number of nitrogens with one attached hydrogen (secondary N) is 1. The van der Waals surface area contributed by atoms with Crippen LogP contribution in [0, 0.1) is 13.8 Å². The van der Waals surface area contributed by atoms with E-state index in [2.05, 4.69) is 11.7 Å². The van der Waals surface area contributed by atoms with Gasteiger partial charge in [0.15, 0.2) is 0 Å². The Morgan fingerprint density at radius 3 is 1.88 bits per heavy atom. The van der Waals surface area contributed by atoms with Gasteiger partial charge in [-0.05, 0) is 6.54 Å². The van der Waals surface area contributed by atoms with Crippen molar-refractivity contribution in [2.75, 3.05) is 20.1 Å². The van der Waals surface area contributed by atoms with Gasteiger partial charge in [-0.15, -0.1) is 6.54 Å². The van der Waals surface area contributed by atoms with Gasteiger partial charge < -0.3 is 24.1 Å². The molecular formula is C12H33N2OPW. The molecule has 1 heterocycles. The minimum Gasteiger partial charge on any atom is -0.358 e. The van der Waals surface area contributed by atoms with Gasteiger partial charge in [-0.2, -0.15) is 16.3 Å². The van der Waals surface area contributed by atoms with E-state index >= 15 is 0 Å². The molecular weight excluding hydrogens is 403 g/mol. The quantitative estimate of drug-likeness (QED) is 0.458. The maximum atomic E-state index is 10.8. The second-order valence-corrected chi connectivity index (χ2v) is 2.08. The fourth-order valence-electron chi connectivity index (χ4n) is 0.928. The summed E-state index contributed by atoms with van der Waals surface area (Å²) >= 11 is 0. The van der Waals surface area contributed by atoms with Crippen LogP contribution in [-0.4, -0.2) is 31.1 Å². The summed E-state index contributed by atoms with van der Waals surface area (Å²) in [6.45, 7) is 9.68. The molecule has 1 saturated heterocycles. The third-order valence-electron chi connectivity index (χ3n) is 1.45. The Labute approximate surface area is 127 Å². The van der Waals surface area contributed by atoms with E-state index in [4.69, 9.17) is 0 Å². The van der Waals surface area contributed by atoms with Crippen LogP contribution in [-0.2, 0) is 21.1 Å². The number of likely N-dealkylation sites (tertiary alicyclic amines) is 1. The van der Waals surface area contributed by atoms with Crippen LogP contribution in [0.2, 0.25) is 0 Å². The molecule has 2 amide bonds. The minimum absolute atomic E-state index is 0. The first-order valence-corrected chi connectivity index (χ1v) is 5.13. The first-order chi connectivity index (χ1) is 6.34. The molecule has 1 aliphatic rings. The summed E-state index contributed by atoms with van der Waals surface area (Å²) in [5.74, 6) is 0. The van der Waals surface area contributed by atoms with Crippen molar-refractivity contribution in [3.05, 3.63) is 13.8 Å². The molecule has 0 saturated carbocycles. The van der Waals surface area contributed by atoms with Crippen LogP contribution in [0.1, 0.15) is 41.5 Å². The fraction of sp³-hybridized carbons (Fsp3) is 0.750. The van der Waals surface area contributed by atoms with Crippen molar-refractivity contribution in [2.24, 2.45) is 0 Å². The first kappa shape index (κ1) is 36.0. The Morgan fingerprint density at radius 2 is 1.65 bits per heavy atom. The average molecular weight is 436 g/mol. The van der Waals surface area contributed by atoms with Gasteiger partial charge in [-0.25, -0.2) is 4.79 Å². The molecule has 5 heteroatoms. The van der Waals surface area contributed by atoms with E-state index in [1.54, 1.807) is 11.9 Å². The Morgan fingerprint density at radius 1 is 1.24 bits per heavy atom. The summed E-state index contributed by atoms with van der Waals surface area (Å²) in [4.78, 5) is 12.6. The number of hydrogen-bond acceptors (Lipinski definition) is 1. The molecule has 0 radical (unpaired) electrons. The summed E-state index contributed by atoms with van der Waals surface area (Å²) < 4.78 is 0. The Bertz CT molecular complexity index is 121. The number of nitrogens with zero attached hydrogens (tertiary/aromatic N) is 1. The summed E-state index contributed by atoms with van der Waals surface area (Å²) in [7, 11) is 1.65. The van der Waals surface area contributed by atoms with Crippen LogP contribution in [0.5, 0.6) is 0 Å². The van der Waals surface area contributed by atoms with Crippen molar-refractivity contribution in [1.82, 2.24) is 10.2 Å². The fourth-order valence-corrected chi connectivity index (χ4v) is 0.928. The van der Waals surface area contributed by atoms with Gasteiger partial charge in [0.25, 0.3) is 0 Å². The number of carbonyl (C=O) groups is 1. The van der Waals surface area contributed by atoms with Crippen molar-refractivity contribution >= 4 is 15.9 Å². The third kappa shape index (κ3) is 18.9.